The van der Waals surface area contributed by atoms with E-state index in [9.17, 15) is 0 Å². The van der Waals surface area contributed by atoms with Crippen molar-refractivity contribution in [3.63, 3.8) is 0 Å². The lowest BCUT2D eigenvalue weighted by molar-refractivity contribution is -0.0441. The molecule has 1 aliphatic rings. The topological polar surface area (TPSA) is 44.5 Å². The summed E-state index contributed by atoms with van der Waals surface area (Å²) in [7, 11) is 0. The van der Waals surface area contributed by atoms with Crippen LogP contribution >= 0.6 is 0 Å². The van der Waals surface area contributed by atoms with Crippen LogP contribution in [0.25, 0.3) is 0 Å². The van der Waals surface area contributed by atoms with Crippen LogP contribution in [0.3, 0.4) is 0 Å². The number of rotatable bonds is 6. The first-order valence-electron chi connectivity index (χ1n) is 6.03. The van der Waals surface area contributed by atoms with Crippen molar-refractivity contribution in [1.82, 2.24) is 0 Å². The molecule has 1 saturated heterocycles. The summed E-state index contributed by atoms with van der Waals surface area (Å²) in [5, 5.41) is 0. The third kappa shape index (κ3) is 5.50. The maximum absolute atomic E-state index is 5.65. The smallest absolute Gasteiger partial charge is 0.0808 e. The van der Waals surface area contributed by atoms with E-state index < -0.39 is 0 Å². The lowest BCUT2D eigenvalue weighted by atomic mass is 9.90. The Morgan fingerprint density at radius 3 is 2.80 bits per heavy atom. The highest BCUT2D eigenvalue weighted by atomic mass is 16.5. The van der Waals surface area contributed by atoms with Gasteiger partial charge < -0.3 is 15.2 Å². The summed E-state index contributed by atoms with van der Waals surface area (Å²) in [6, 6.07) is 0. The number of ether oxygens (including phenoxy) is 2. The van der Waals surface area contributed by atoms with Crippen molar-refractivity contribution < 1.29 is 9.47 Å². The Hall–Kier alpha value is -0.120. The quantitative estimate of drug-likeness (QED) is 0.689. The molecular weight excluding hydrogens is 190 g/mol. The summed E-state index contributed by atoms with van der Waals surface area (Å²) in [5.74, 6) is 0. The summed E-state index contributed by atoms with van der Waals surface area (Å²) < 4.78 is 11.2. The molecule has 1 fully saturated rings. The van der Waals surface area contributed by atoms with E-state index in [0.717, 1.165) is 39.2 Å². The molecule has 0 bridgehead atoms. The van der Waals surface area contributed by atoms with Gasteiger partial charge in [-0.1, -0.05) is 13.8 Å². The van der Waals surface area contributed by atoms with E-state index in [0.29, 0.717) is 6.10 Å². The van der Waals surface area contributed by atoms with Gasteiger partial charge in [-0.2, -0.15) is 0 Å². The van der Waals surface area contributed by atoms with Gasteiger partial charge >= 0.3 is 0 Å². The van der Waals surface area contributed by atoms with E-state index in [1.54, 1.807) is 0 Å². The van der Waals surface area contributed by atoms with Crippen LogP contribution in [0.1, 0.15) is 39.5 Å². The predicted molar refractivity (Wildman–Crippen MR) is 61.9 cm³/mol. The molecule has 0 aromatic heterocycles. The van der Waals surface area contributed by atoms with E-state index in [-0.39, 0.29) is 5.41 Å². The van der Waals surface area contributed by atoms with Gasteiger partial charge in [0.25, 0.3) is 0 Å². The van der Waals surface area contributed by atoms with Crippen LogP contribution in [-0.4, -0.2) is 32.5 Å². The second-order valence-electron chi connectivity index (χ2n) is 5.18. The van der Waals surface area contributed by atoms with Crippen molar-refractivity contribution in [2.45, 2.75) is 45.6 Å². The Morgan fingerprint density at radius 2 is 2.20 bits per heavy atom. The van der Waals surface area contributed by atoms with E-state index in [1.807, 2.05) is 0 Å². The van der Waals surface area contributed by atoms with Crippen molar-refractivity contribution in [2.75, 3.05) is 26.4 Å². The summed E-state index contributed by atoms with van der Waals surface area (Å²) in [5.41, 5.74) is 5.85. The maximum Gasteiger partial charge on any atom is 0.0808 e. The van der Waals surface area contributed by atoms with Gasteiger partial charge in [-0.15, -0.1) is 0 Å². The SMILES string of the molecule is CC(C)(CN)CCOCC1CCCCO1. The summed E-state index contributed by atoms with van der Waals surface area (Å²) in [4.78, 5) is 0. The number of nitrogens with two attached hydrogens (primary N) is 1. The second kappa shape index (κ2) is 6.46. The minimum absolute atomic E-state index is 0.202. The molecule has 1 heterocycles. The molecule has 3 nitrogen and oxygen atoms in total. The Bertz CT molecular complexity index is 165. The standard InChI is InChI=1S/C12H25NO2/c1-12(2,10-13)6-8-14-9-11-5-3-4-7-15-11/h11H,3-10,13H2,1-2H3. The van der Waals surface area contributed by atoms with Crippen LogP contribution in [0.5, 0.6) is 0 Å². The highest BCUT2D eigenvalue weighted by molar-refractivity contribution is 4.69. The Labute approximate surface area is 93.3 Å². The summed E-state index contributed by atoms with van der Waals surface area (Å²) in [6.07, 6.45) is 5.00. The molecule has 0 amide bonds. The molecule has 0 spiro atoms. The third-order valence-corrected chi connectivity index (χ3v) is 3.05. The molecule has 1 aliphatic heterocycles. The van der Waals surface area contributed by atoms with Crippen LogP contribution < -0.4 is 5.73 Å². The molecule has 0 saturated carbocycles. The molecule has 0 aromatic carbocycles. The second-order valence-corrected chi connectivity index (χ2v) is 5.18. The van der Waals surface area contributed by atoms with Gasteiger partial charge in [0, 0.05) is 13.2 Å². The zero-order chi connectivity index (χ0) is 11.1. The van der Waals surface area contributed by atoms with Crippen molar-refractivity contribution >= 4 is 0 Å². The number of hydrogen-bond acceptors (Lipinski definition) is 3. The molecule has 15 heavy (non-hydrogen) atoms. The van der Waals surface area contributed by atoms with Crippen LogP contribution in [-0.2, 0) is 9.47 Å². The molecular formula is C12H25NO2. The molecule has 0 aliphatic carbocycles. The van der Waals surface area contributed by atoms with Gasteiger partial charge in [-0.3, -0.25) is 0 Å². The Morgan fingerprint density at radius 1 is 1.40 bits per heavy atom. The minimum atomic E-state index is 0.202. The average molecular weight is 215 g/mol. The van der Waals surface area contributed by atoms with Crippen molar-refractivity contribution in [3.05, 3.63) is 0 Å². The van der Waals surface area contributed by atoms with E-state index in [4.69, 9.17) is 15.2 Å². The highest BCUT2D eigenvalue weighted by Crippen LogP contribution is 2.18. The average Bonchev–Trinajstić information content (AvgIpc) is 2.26. The Balaban J connectivity index is 2.00. The summed E-state index contributed by atoms with van der Waals surface area (Å²) >= 11 is 0. The first-order valence-corrected chi connectivity index (χ1v) is 6.03. The molecule has 1 unspecified atom stereocenters. The van der Waals surface area contributed by atoms with E-state index in [2.05, 4.69) is 13.8 Å². The zero-order valence-corrected chi connectivity index (χ0v) is 10.1. The first kappa shape index (κ1) is 12.9. The van der Waals surface area contributed by atoms with Gasteiger partial charge in [0.1, 0.15) is 0 Å². The fourth-order valence-corrected chi connectivity index (χ4v) is 1.60. The van der Waals surface area contributed by atoms with Crippen molar-refractivity contribution in [2.24, 2.45) is 11.1 Å². The zero-order valence-electron chi connectivity index (χ0n) is 10.1. The monoisotopic (exact) mass is 215 g/mol. The van der Waals surface area contributed by atoms with Crippen LogP contribution in [0, 0.1) is 5.41 Å². The first-order chi connectivity index (χ1) is 7.14. The van der Waals surface area contributed by atoms with Crippen LogP contribution in [0.4, 0.5) is 0 Å². The molecule has 1 rings (SSSR count). The normalized spacial score (nSPS) is 23.0. The fraction of sp³-hybridized carbons (Fsp3) is 1.00. The molecule has 0 aromatic rings. The van der Waals surface area contributed by atoms with E-state index >= 15 is 0 Å². The van der Waals surface area contributed by atoms with Gasteiger partial charge in [0.2, 0.25) is 0 Å². The van der Waals surface area contributed by atoms with E-state index in [1.165, 1.54) is 12.8 Å². The van der Waals surface area contributed by atoms with Crippen LogP contribution in [0.15, 0.2) is 0 Å². The molecule has 2 N–H and O–H groups in total. The third-order valence-electron chi connectivity index (χ3n) is 3.05. The van der Waals surface area contributed by atoms with Gasteiger partial charge in [0.15, 0.2) is 0 Å². The molecule has 1 atom stereocenters. The number of hydrogen-bond donors (Lipinski definition) is 1. The lowest BCUT2D eigenvalue weighted by Gasteiger charge is -2.25. The van der Waals surface area contributed by atoms with Gasteiger partial charge in [-0.05, 0) is 37.6 Å². The van der Waals surface area contributed by atoms with Crippen molar-refractivity contribution in [1.29, 1.82) is 0 Å². The minimum Gasteiger partial charge on any atom is -0.379 e. The van der Waals surface area contributed by atoms with Gasteiger partial charge in [-0.25, -0.2) is 0 Å². The van der Waals surface area contributed by atoms with Gasteiger partial charge in [0.05, 0.1) is 12.7 Å². The van der Waals surface area contributed by atoms with Crippen molar-refractivity contribution in [3.8, 4) is 0 Å². The summed E-state index contributed by atoms with van der Waals surface area (Å²) in [6.45, 7) is 7.52. The largest absolute Gasteiger partial charge is 0.379 e. The fourth-order valence-electron chi connectivity index (χ4n) is 1.60. The van der Waals surface area contributed by atoms with Crippen LogP contribution in [0.2, 0.25) is 0 Å². The maximum atomic E-state index is 5.65. The highest BCUT2D eigenvalue weighted by Gasteiger charge is 2.17. The molecule has 90 valence electrons. The lowest BCUT2D eigenvalue weighted by Crippen LogP contribution is -2.27. The molecule has 3 heteroatoms. The molecule has 0 radical (unpaired) electrons. The predicted octanol–water partition coefficient (Wildman–Crippen LogP) is 1.95. The Kier molecular flexibility index (Phi) is 5.58.